The largest absolute Gasteiger partial charge is 0.273 e. The Morgan fingerprint density at radius 3 is 2.37 bits per heavy atom. The quantitative estimate of drug-likeness (QED) is 0.636. The van der Waals surface area contributed by atoms with Gasteiger partial charge < -0.3 is 0 Å². The number of hydrogen-bond donors (Lipinski definition) is 1. The molecule has 0 aliphatic heterocycles. The van der Waals surface area contributed by atoms with Crippen LogP contribution >= 0.6 is 0 Å². The highest BCUT2D eigenvalue weighted by molar-refractivity contribution is 6.00. The van der Waals surface area contributed by atoms with Gasteiger partial charge in [0.05, 0.1) is 11.3 Å². The van der Waals surface area contributed by atoms with Gasteiger partial charge >= 0.3 is 0 Å². The molecule has 0 aliphatic carbocycles. The summed E-state index contributed by atoms with van der Waals surface area (Å²) in [7, 11) is 0. The summed E-state index contributed by atoms with van der Waals surface area (Å²) < 4.78 is 0. The highest BCUT2D eigenvalue weighted by Crippen LogP contribution is 2.19. The minimum absolute atomic E-state index is 0.226. The normalized spacial score (nSPS) is 12.4. The Hall–Kier alpha value is -1.97. The SMILES string of the molecule is CCC(C)=Nc1ccccc1C(=O)N/N=C(/C)CC. The van der Waals surface area contributed by atoms with Crippen molar-refractivity contribution in [3.8, 4) is 0 Å². The molecule has 0 saturated carbocycles. The molecule has 0 atom stereocenters. The van der Waals surface area contributed by atoms with Crippen molar-refractivity contribution >= 4 is 23.0 Å². The third kappa shape index (κ3) is 4.66. The molecule has 1 aromatic carbocycles. The van der Waals surface area contributed by atoms with Crippen LogP contribution in [0, 0.1) is 0 Å². The summed E-state index contributed by atoms with van der Waals surface area (Å²) in [5.74, 6) is -0.226. The van der Waals surface area contributed by atoms with E-state index in [2.05, 4.69) is 15.5 Å². The van der Waals surface area contributed by atoms with Gasteiger partial charge in [0, 0.05) is 11.4 Å². The van der Waals surface area contributed by atoms with Gasteiger partial charge in [-0.2, -0.15) is 5.10 Å². The highest BCUT2D eigenvalue weighted by Gasteiger charge is 2.09. The topological polar surface area (TPSA) is 53.8 Å². The van der Waals surface area contributed by atoms with E-state index in [1.165, 1.54) is 0 Å². The Balaban J connectivity index is 2.97. The first-order valence-corrected chi connectivity index (χ1v) is 6.55. The minimum Gasteiger partial charge on any atom is -0.267 e. The second kappa shape index (κ2) is 7.46. The Kier molecular flexibility index (Phi) is 5.93. The summed E-state index contributed by atoms with van der Waals surface area (Å²) in [4.78, 5) is 16.5. The molecule has 102 valence electrons. The average molecular weight is 259 g/mol. The summed E-state index contributed by atoms with van der Waals surface area (Å²) in [6.45, 7) is 7.86. The van der Waals surface area contributed by atoms with Crippen molar-refractivity contribution in [3.05, 3.63) is 29.8 Å². The molecule has 1 aromatic rings. The van der Waals surface area contributed by atoms with E-state index in [4.69, 9.17) is 0 Å². The highest BCUT2D eigenvalue weighted by atomic mass is 16.2. The zero-order valence-corrected chi connectivity index (χ0v) is 12.0. The third-order valence-corrected chi connectivity index (χ3v) is 2.83. The van der Waals surface area contributed by atoms with Crippen molar-refractivity contribution in [1.82, 2.24) is 5.43 Å². The Morgan fingerprint density at radius 2 is 1.74 bits per heavy atom. The van der Waals surface area contributed by atoms with Gasteiger partial charge in [-0.3, -0.25) is 9.79 Å². The molecule has 4 nitrogen and oxygen atoms in total. The molecule has 0 bridgehead atoms. The lowest BCUT2D eigenvalue weighted by molar-refractivity contribution is 0.0955. The van der Waals surface area contributed by atoms with E-state index in [0.29, 0.717) is 11.3 Å². The molecule has 0 aromatic heterocycles. The summed E-state index contributed by atoms with van der Waals surface area (Å²) in [6.07, 6.45) is 1.68. The van der Waals surface area contributed by atoms with Gasteiger partial charge in [-0.25, -0.2) is 5.43 Å². The number of hydrogen-bond acceptors (Lipinski definition) is 3. The van der Waals surface area contributed by atoms with E-state index in [-0.39, 0.29) is 5.91 Å². The predicted molar refractivity (Wildman–Crippen MR) is 80.4 cm³/mol. The van der Waals surface area contributed by atoms with Gasteiger partial charge in [-0.05, 0) is 38.8 Å². The van der Waals surface area contributed by atoms with Gasteiger partial charge in [-0.15, -0.1) is 0 Å². The van der Waals surface area contributed by atoms with Crippen molar-refractivity contribution in [3.63, 3.8) is 0 Å². The van der Waals surface area contributed by atoms with Crippen LogP contribution in [0.1, 0.15) is 50.9 Å². The maximum Gasteiger partial charge on any atom is 0.273 e. The lowest BCUT2D eigenvalue weighted by atomic mass is 10.1. The van der Waals surface area contributed by atoms with E-state index in [1.807, 2.05) is 45.9 Å². The van der Waals surface area contributed by atoms with Crippen molar-refractivity contribution < 1.29 is 4.79 Å². The first-order chi connectivity index (χ1) is 9.08. The standard InChI is InChI=1S/C15H21N3O/c1-5-11(3)16-14-10-8-7-9-13(14)15(19)18-17-12(4)6-2/h7-10H,5-6H2,1-4H3,(H,18,19)/b16-11?,17-12-. The molecule has 0 spiro atoms. The van der Waals surface area contributed by atoms with Gasteiger partial charge in [0.15, 0.2) is 0 Å². The maximum absolute atomic E-state index is 12.1. The molecule has 0 saturated heterocycles. The van der Waals surface area contributed by atoms with Crippen LogP contribution in [-0.4, -0.2) is 17.3 Å². The monoisotopic (exact) mass is 259 g/mol. The first-order valence-electron chi connectivity index (χ1n) is 6.55. The van der Waals surface area contributed by atoms with Crippen LogP contribution in [0.15, 0.2) is 34.4 Å². The summed E-state index contributed by atoms with van der Waals surface area (Å²) in [5.41, 5.74) is 5.67. The summed E-state index contributed by atoms with van der Waals surface area (Å²) in [6, 6.07) is 7.29. The van der Waals surface area contributed by atoms with Crippen molar-refractivity contribution in [2.24, 2.45) is 10.1 Å². The Bertz CT molecular complexity index is 504. The van der Waals surface area contributed by atoms with E-state index in [9.17, 15) is 4.79 Å². The number of nitrogens with one attached hydrogen (secondary N) is 1. The molecule has 1 rings (SSSR count). The molecular weight excluding hydrogens is 238 g/mol. The average Bonchev–Trinajstić information content (AvgIpc) is 2.44. The van der Waals surface area contributed by atoms with Crippen LogP contribution < -0.4 is 5.43 Å². The number of amides is 1. The van der Waals surface area contributed by atoms with E-state index >= 15 is 0 Å². The van der Waals surface area contributed by atoms with Crippen molar-refractivity contribution in [2.45, 2.75) is 40.5 Å². The lowest BCUT2D eigenvalue weighted by Crippen LogP contribution is -2.19. The van der Waals surface area contributed by atoms with Gasteiger partial charge in [0.2, 0.25) is 0 Å². The van der Waals surface area contributed by atoms with Crippen LogP contribution in [-0.2, 0) is 0 Å². The number of para-hydroxylation sites is 1. The number of benzene rings is 1. The molecule has 0 unspecified atom stereocenters. The number of aliphatic imine (C=N–C) groups is 1. The second-order valence-electron chi connectivity index (χ2n) is 4.36. The van der Waals surface area contributed by atoms with Crippen LogP contribution in [0.25, 0.3) is 0 Å². The fourth-order valence-electron chi connectivity index (χ4n) is 1.33. The number of carbonyl (C=O) groups excluding carboxylic acids is 1. The minimum atomic E-state index is -0.226. The van der Waals surface area contributed by atoms with Crippen LogP contribution in [0.5, 0.6) is 0 Å². The lowest BCUT2D eigenvalue weighted by Gasteiger charge is -2.05. The molecule has 0 heterocycles. The third-order valence-electron chi connectivity index (χ3n) is 2.83. The number of hydrazone groups is 1. The number of nitrogens with zero attached hydrogens (tertiary/aromatic N) is 2. The zero-order valence-electron chi connectivity index (χ0n) is 12.0. The molecule has 4 heteroatoms. The number of rotatable bonds is 5. The van der Waals surface area contributed by atoms with Gasteiger partial charge in [-0.1, -0.05) is 26.0 Å². The molecule has 1 N–H and O–H groups in total. The first kappa shape index (κ1) is 15.1. The van der Waals surface area contributed by atoms with Crippen LogP contribution in [0.2, 0.25) is 0 Å². The second-order valence-corrected chi connectivity index (χ2v) is 4.36. The molecule has 0 fully saturated rings. The van der Waals surface area contributed by atoms with E-state index in [1.54, 1.807) is 6.07 Å². The molecule has 0 aliphatic rings. The van der Waals surface area contributed by atoms with Crippen LogP contribution in [0.3, 0.4) is 0 Å². The van der Waals surface area contributed by atoms with Gasteiger partial charge in [0.1, 0.15) is 0 Å². The number of carbonyl (C=O) groups is 1. The smallest absolute Gasteiger partial charge is 0.267 e. The summed E-state index contributed by atoms with van der Waals surface area (Å²) >= 11 is 0. The zero-order chi connectivity index (χ0) is 14.3. The summed E-state index contributed by atoms with van der Waals surface area (Å²) in [5, 5.41) is 4.03. The molecule has 0 radical (unpaired) electrons. The Morgan fingerprint density at radius 1 is 1.11 bits per heavy atom. The van der Waals surface area contributed by atoms with E-state index < -0.39 is 0 Å². The molecule has 19 heavy (non-hydrogen) atoms. The Labute approximate surface area is 114 Å². The fraction of sp³-hybridized carbons (Fsp3) is 0.400. The van der Waals surface area contributed by atoms with Gasteiger partial charge in [0.25, 0.3) is 5.91 Å². The predicted octanol–water partition coefficient (Wildman–Crippen LogP) is 3.70. The van der Waals surface area contributed by atoms with Crippen LogP contribution in [0.4, 0.5) is 5.69 Å². The van der Waals surface area contributed by atoms with E-state index in [0.717, 1.165) is 24.3 Å². The molecular formula is C15H21N3O. The van der Waals surface area contributed by atoms with Crippen molar-refractivity contribution in [1.29, 1.82) is 0 Å². The molecule has 1 amide bonds. The van der Waals surface area contributed by atoms with Crippen molar-refractivity contribution in [2.75, 3.05) is 0 Å². The fourth-order valence-corrected chi connectivity index (χ4v) is 1.33. The maximum atomic E-state index is 12.1.